The van der Waals surface area contributed by atoms with Crippen LogP contribution >= 0.6 is 0 Å². The first-order valence-electron chi connectivity index (χ1n) is 4.85. The Balaban J connectivity index is 2.45. The maximum absolute atomic E-state index is 11.6. The molecule has 5 nitrogen and oxygen atoms in total. The summed E-state index contributed by atoms with van der Waals surface area (Å²) in [4.78, 5) is 22.3. The Labute approximate surface area is 83.4 Å². The van der Waals surface area contributed by atoms with Crippen molar-refractivity contribution in [1.82, 2.24) is 10.6 Å². The molecule has 1 fully saturated rings. The fourth-order valence-electron chi connectivity index (χ4n) is 1.56. The molecule has 2 unspecified atom stereocenters. The van der Waals surface area contributed by atoms with E-state index in [0.717, 1.165) is 13.0 Å². The lowest BCUT2D eigenvalue weighted by atomic mass is 10.0. The molecule has 0 saturated carbocycles. The van der Waals surface area contributed by atoms with E-state index in [4.69, 9.17) is 5.73 Å². The van der Waals surface area contributed by atoms with Crippen molar-refractivity contribution in [2.45, 2.75) is 32.4 Å². The van der Waals surface area contributed by atoms with Crippen LogP contribution in [0.4, 0.5) is 0 Å². The van der Waals surface area contributed by atoms with Gasteiger partial charge in [-0.2, -0.15) is 0 Å². The molecule has 1 rings (SSSR count). The molecular formula is C9H17N3O2. The summed E-state index contributed by atoms with van der Waals surface area (Å²) >= 11 is 0. The van der Waals surface area contributed by atoms with E-state index in [1.807, 2.05) is 6.92 Å². The third-order valence-corrected chi connectivity index (χ3v) is 2.60. The lowest BCUT2D eigenvalue weighted by Gasteiger charge is -2.17. The predicted octanol–water partition coefficient (Wildman–Crippen LogP) is -1.03. The van der Waals surface area contributed by atoms with Crippen molar-refractivity contribution in [3.05, 3.63) is 0 Å². The van der Waals surface area contributed by atoms with Crippen LogP contribution in [0.1, 0.15) is 20.3 Å². The summed E-state index contributed by atoms with van der Waals surface area (Å²) in [6.45, 7) is 4.45. The second-order valence-electron chi connectivity index (χ2n) is 3.83. The Morgan fingerprint density at radius 2 is 2.21 bits per heavy atom. The van der Waals surface area contributed by atoms with Crippen molar-refractivity contribution in [3.63, 3.8) is 0 Å². The van der Waals surface area contributed by atoms with Gasteiger partial charge in [0.25, 0.3) is 0 Å². The fourth-order valence-corrected chi connectivity index (χ4v) is 1.56. The number of nitrogens with two attached hydrogens (primary N) is 1. The van der Waals surface area contributed by atoms with Crippen LogP contribution in [0.15, 0.2) is 0 Å². The zero-order valence-electron chi connectivity index (χ0n) is 8.54. The molecule has 1 saturated heterocycles. The molecule has 1 aliphatic rings. The van der Waals surface area contributed by atoms with Gasteiger partial charge in [-0.15, -0.1) is 0 Å². The molecule has 0 spiro atoms. The highest BCUT2D eigenvalue weighted by atomic mass is 16.2. The van der Waals surface area contributed by atoms with Crippen molar-refractivity contribution in [1.29, 1.82) is 0 Å². The molecular weight excluding hydrogens is 182 g/mol. The SMILES string of the molecule is CC1CCNC1C(=O)N[C@@H](C)C(N)=O. The smallest absolute Gasteiger partial charge is 0.239 e. The zero-order chi connectivity index (χ0) is 10.7. The molecule has 2 amide bonds. The maximum Gasteiger partial charge on any atom is 0.239 e. The third-order valence-electron chi connectivity index (χ3n) is 2.60. The van der Waals surface area contributed by atoms with E-state index in [1.54, 1.807) is 6.92 Å². The van der Waals surface area contributed by atoms with Crippen LogP contribution < -0.4 is 16.4 Å². The number of carbonyl (C=O) groups excluding carboxylic acids is 2. The summed E-state index contributed by atoms with van der Waals surface area (Å²) in [7, 11) is 0. The second kappa shape index (κ2) is 4.41. The van der Waals surface area contributed by atoms with Gasteiger partial charge < -0.3 is 16.4 Å². The largest absolute Gasteiger partial charge is 0.368 e. The average Bonchev–Trinajstić information content (AvgIpc) is 2.51. The molecule has 1 heterocycles. The van der Waals surface area contributed by atoms with E-state index < -0.39 is 11.9 Å². The van der Waals surface area contributed by atoms with Crippen LogP contribution in [0.25, 0.3) is 0 Å². The number of primary amides is 1. The van der Waals surface area contributed by atoms with E-state index >= 15 is 0 Å². The van der Waals surface area contributed by atoms with Gasteiger partial charge in [0.1, 0.15) is 6.04 Å². The van der Waals surface area contributed by atoms with Crippen molar-refractivity contribution in [2.75, 3.05) is 6.54 Å². The van der Waals surface area contributed by atoms with Crippen molar-refractivity contribution in [2.24, 2.45) is 11.7 Å². The highest BCUT2D eigenvalue weighted by molar-refractivity contribution is 5.89. The van der Waals surface area contributed by atoms with Crippen molar-refractivity contribution in [3.8, 4) is 0 Å². The zero-order valence-corrected chi connectivity index (χ0v) is 8.54. The van der Waals surface area contributed by atoms with Crippen LogP contribution in [0.2, 0.25) is 0 Å². The van der Waals surface area contributed by atoms with Gasteiger partial charge in [0, 0.05) is 0 Å². The van der Waals surface area contributed by atoms with Gasteiger partial charge in [0.05, 0.1) is 6.04 Å². The van der Waals surface area contributed by atoms with E-state index in [9.17, 15) is 9.59 Å². The Kier molecular flexibility index (Phi) is 3.46. The molecule has 14 heavy (non-hydrogen) atoms. The number of carbonyl (C=O) groups is 2. The first-order chi connectivity index (χ1) is 6.52. The molecule has 0 aromatic carbocycles. The number of amides is 2. The Morgan fingerprint density at radius 1 is 1.57 bits per heavy atom. The molecule has 4 N–H and O–H groups in total. The summed E-state index contributed by atoms with van der Waals surface area (Å²) in [5.74, 6) is -0.333. The molecule has 80 valence electrons. The van der Waals surface area contributed by atoms with E-state index in [1.165, 1.54) is 0 Å². The number of rotatable bonds is 3. The summed E-state index contributed by atoms with van der Waals surface area (Å²) < 4.78 is 0. The summed E-state index contributed by atoms with van der Waals surface area (Å²) in [6.07, 6.45) is 0.989. The van der Waals surface area contributed by atoms with Crippen LogP contribution in [0, 0.1) is 5.92 Å². The van der Waals surface area contributed by atoms with E-state index in [2.05, 4.69) is 10.6 Å². The second-order valence-corrected chi connectivity index (χ2v) is 3.83. The summed E-state index contributed by atoms with van der Waals surface area (Å²) in [5, 5.41) is 5.66. The minimum Gasteiger partial charge on any atom is -0.368 e. The highest BCUT2D eigenvalue weighted by Crippen LogP contribution is 2.14. The quantitative estimate of drug-likeness (QED) is 0.543. The summed E-state index contributed by atoms with van der Waals surface area (Å²) in [5.41, 5.74) is 5.04. The fraction of sp³-hybridized carbons (Fsp3) is 0.778. The van der Waals surface area contributed by atoms with Crippen molar-refractivity contribution >= 4 is 11.8 Å². The highest BCUT2D eigenvalue weighted by Gasteiger charge is 2.30. The Hall–Kier alpha value is -1.10. The minimum absolute atomic E-state index is 0.138. The predicted molar refractivity (Wildman–Crippen MR) is 52.4 cm³/mol. The molecule has 5 heteroatoms. The standard InChI is InChI=1S/C9H17N3O2/c1-5-3-4-11-7(5)9(14)12-6(2)8(10)13/h5-7,11H,3-4H2,1-2H3,(H2,10,13)(H,12,14)/t5?,6-,7?/m0/s1. The van der Waals surface area contributed by atoms with Crippen LogP contribution in [0.5, 0.6) is 0 Å². The van der Waals surface area contributed by atoms with Gasteiger partial charge in [0.15, 0.2) is 0 Å². The summed E-state index contributed by atoms with van der Waals surface area (Å²) in [6, 6.07) is -0.783. The van der Waals surface area contributed by atoms with Crippen LogP contribution in [-0.2, 0) is 9.59 Å². The number of hydrogen-bond donors (Lipinski definition) is 3. The molecule has 0 bridgehead atoms. The molecule has 0 aromatic rings. The van der Waals surface area contributed by atoms with Gasteiger partial charge in [-0.1, -0.05) is 6.92 Å². The lowest BCUT2D eigenvalue weighted by Crippen LogP contribution is -2.50. The van der Waals surface area contributed by atoms with E-state index in [-0.39, 0.29) is 11.9 Å². The Morgan fingerprint density at radius 3 is 2.64 bits per heavy atom. The van der Waals surface area contributed by atoms with Gasteiger partial charge >= 0.3 is 0 Å². The van der Waals surface area contributed by atoms with Gasteiger partial charge in [-0.3, -0.25) is 9.59 Å². The molecule has 0 aliphatic carbocycles. The molecule has 0 aromatic heterocycles. The van der Waals surface area contributed by atoms with Gasteiger partial charge in [0.2, 0.25) is 11.8 Å². The van der Waals surface area contributed by atoms with Gasteiger partial charge in [-0.05, 0) is 25.8 Å². The maximum atomic E-state index is 11.6. The molecule has 1 aliphatic heterocycles. The Bertz CT molecular complexity index is 242. The normalized spacial score (nSPS) is 28.4. The monoisotopic (exact) mass is 199 g/mol. The first-order valence-corrected chi connectivity index (χ1v) is 4.85. The lowest BCUT2D eigenvalue weighted by molar-refractivity contribution is -0.128. The van der Waals surface area contributed by atoms with E-state index in [0.29, 0.717) is 5.92 Å². The molecule has 3 atom stereocenters. The number of nitrogens with one attached hydrogen (secondary N) is 2. The third kappa shape index (κ3) is 2.45. The first kappa shape index (κ1) is 11.0. The topological polar surface area (TPSA) is 84.2 Å². The average molecular weight is 199 g/mol. The van der Waals surface area contributed by atoms with Gasteiger partial charge in [-0.25, -0.2) is 0 Å². The minimum atomic E-state index is -0.600. The van der Waals surface area contributed by atoms with Crippen molar-refractivity contribution < 1.29 is 9.59 Å². The molecule has 0 radical (unpaired) electrons. The van der Waals surface area contributed by atoms with Crippen LogP contribution in [-0.4, -0.2) is 30.4 Å². The van der Waals surface area contributed by atoms with Crippen LogP contribution in [0.3, 0.4) is 0 Å². The number of hydrogen-bond acceptors (Lipinski definition) is 3.